The number of alkyl halides is 6. The highest BCUT2D eigenvalue weighted by Crippen LogP contribution is 2.44. The van der Waals surface area contributed by atoms with Crippen LogP contribution in [0.3, 0.4) is 0 Å². The number of carboxylic acids is 1. The van der Waals surface area contributed by atoms with Crippen LogP contribution in [0.15, 0.2) is 78.9 Å². The van der Waals surface area contributed by atoms with Crippen molar-refractivity contribution in [3.05, 3.63) is 107 Å². The van der Waals surface area contributed by atoms with Gasteiger partial charge in [-0.2, -0.15) is 31.0 Å². The second-order valence-corrected chi connectivity index (χ2v) is 11.4. The van der Waals surface area contributed by atoms with Crippen molar-refractivity contribution in [3.8, 4) is 5.69 Å². The van der Waals surface area contributed by atoms with Crippen molar-refractivity contribution >= 4 is 5.97 Å². The lowest BCUT2D eigenvalue weighted by Crippen LogP contribution is -2.68. The molecule has 4 heterocycles. The molecule has 8 nitrogen and oxygen atoms in total. The van der Waals surface area contributed by atoms with E-state index in [0.29, 0.717) is 25.6 Å². The van der Waals surface area contributed by atoms with Gasteiger partial charge in [0.2, 0.25) is 0 Å². The van der Waals surface area contributed by atoms with Gasteiger partial charge in [-0.05, 0) is 64.2 Å². The number of nitrogens with zero attached hydrogens (tertiary/aromatic N) is 5. The van der Waals surface area contributed by atoms with E-state index in [4.69, 9.17) is 0 Å². The summed E-state index contributed by atoms with van der Waals surface area (Å²) in [4.78, 5) is 14.5. The molecule has 236 valence electrons. The lowest BCUT2D eigenvalue weighted by atomic mass is 9.66. The van der Waals surface area contributed by atoms with E-state index in [1.54, 1.807) is 0 Å². The molecule has 4 aromatic rings. The first kappa shape index (κ1) is 30.7. The number of aliphatic carboxylic acids is 1. The van der Waals surface area contributed by atoms with Crippen molar-refractivity contribution in [3.63, 3.8) is 0 Å². The number of hydrogen-bond acceptors (Lipinski definition) is 6. The van der Waals surface area contributed by atoms with Crippen molar-refractivity contribution in [1.82, 2.24) is 30.4 Å². The summed E-state index contributed by atoms with van der Waals surface area (Å²) < 4.78 is 82.7. The van der Waals surface area contributed by atoms with Crippen molar-refractivity contribution < 1.29 is 36.2 Å². The summed E-state index contributed by atoms with van der Waals surface area (Å²) in [6.07, 6.45) is -9.31. The standard InChI is InChI=1S/C31H28F6N6O2/c32-30(33,34)21-13-18(14-22(15-21)43-29(31(35,36)37)39-40-41-43)16-38-26-23-11-12-42(17-24(23)28(44)45)27(26)25(19-7-3-1-4-8-19)20-9-5-2-6-10-20/h1-10,13-15,23-27,38H,11-12,16-17H2,(H,44,45). The second-order valence-electron chi connectivity index (χ2n) is 11.4. The normalized spacial score (nSPS) is 23.4. The van der Waals surface area contributed by atoms with Gasteiger partial charge in [-0.1, -0.05) is 60.7 Å². The Labute approximate surface area is 253 Å². The third kappa shape index (κ3) is 6.16. The van der Waals surface area contributed by atoms with Gasteiger partial charge < -0.3 is 10.4 Å². The molecule has 7 rings (SSSR count). The summed E-state index contributed by atoms with van der Waals surface area (Å²) in [5.74, 6) is -3.75. The smallest absolute Gasteiger partial charge is 0.453 e. The number of carboxylic acid groups (broad SMARTS) is 1. The highest BCUT2D eigenvalue weighted by atomic mass is 19.4. The highest BCUT2D eigenvalue weighted by molar-refractivity contribution is 5.71. The summed E-state index contributed by atoms with van der Waals surface area (Å²) in [6, 6.07) is 21.3. The van der Waals surface area contributed by atoms with Crippen molar-refractivity contribution in [2.24, 2.45) is 11.8 Å². The van der Waals surface area contributed by atoms with Crippen molar-refractivity contribution in [2.45, 2.75) is 43.3 Å². The van der Waals surface area contributed by atoms with Gasteiger partial charge >= 0.3 is 18.3 Å². The number of benzene rings is 3. The van der Waals surface area contributed by atoms with Gasteiger partial charge in [0, 0.05) is 31.1 Å². The lowest BCUT2D eigenvalue weighted by Gasteiger charge is -2.56. The summed E-state index contributed by atoms with van der Waals surface area (Å²) >= 11 is 0. The molecule has 3 aromatic carbocycles. The zero-order valence-electron chi connectivity index (χ0n) is 23.6. The first-order valence-corrected chi connectivity index (χ1v) is 14.3. The summed E-state index contributed by atoms with van der Waals surface area (Å²) in [5, 5.41) is 22.7. The molecule has 0 amide bonds. The molecule has 3 fully saturated rings. The molecule has 0 radical (unpaired) electrons. The Bertz CT molecular complexity index is 1610. The predicted octanol–water partition coefficient (Wildman–Crippen LogP) is 5.40. The van der Waals surface area contributed by atoms with E-state index in [9.17, 15) is 36.2 Å². The number of fused-ring (bicyclic) bond motifs is 3. The number of aromatic nitrogens is 4. The minimum Gasteiger partial charge on any atom is -0.481 e. The molecule has 1 aromatic heterocycles. The van der Waals surface area contributed by atoms with Crippen LogP contribution in [0.25, 0.3) is 5.69 Å². The molecule has 2 N–H and O–H groups in total. The number of tetrazole rings is 1. The van der Waals surface area contributed by atoms with Crippen LogP contribution in [0.2, 0.25) is 0 Å². The first-order chi connectivity index (χ1) is 21.4. The number of rotatable bonds is 8. The van der Waals surface area contributed by atoms with Crippen molar-refractivity contribution in [1.29, 1.82) is 0 Å². The maximum Gasteiger partial charge on any atom is 0.453 e. The second kappa shape index (κ2) is 11.9. The topological polar surface area (TPSA) is 96.2 Å². The van der Waals surface area contributed by atoms with Crippen LogP contribution < -0.4 is 5.32 Å². The summed E-state index contributed by atoms with van der Waals surface area (Å²) in [5.41, 5.74) is 0.376. The summed E-state index contributed by atoms with van der Waals surface area (Å²) in [7, 11) is 0. The number of hydrogen-bond donors (Lipinski definition) is 2. The van der Waals surface area contributed by atoms with E-state index in [1.807, 2.05) is 60.7 Å². The van der Waals surface area contributed by atoms with E-state index in [1.165, 1.54) is 6.07 Å². The minimum absolute atomic E-state index is 0.0430. The molecule has 0 aliphatic carbocycles. The van der Waals surface area contributed by atoms with Crippen LogP contribution in [-0.4, -0.2) is 61.4 Å². The molecule has 2 bridgehead atoms. The van der Waals surface area contributed by atoms with E-state index in [2.05, 4.69) is 25.7 Å². The van der Waals surface area contributed by atoms with E-state index >= 15 is 0 Å². The number of nitrogens with one attached hydrogen (secondary N) is 1. The van der Waals surface area contributed by atoms with Gasteiger partial charge in [0.25, 0.3) is 5.82 Å². The molecular formula is C31H28F6N6O2. The fourth-order valence-electron chi connectivity index (χ4n) is 6.87. The SMILES string of the molecule is O=C(O)C1CN2CCC1C(NCc1cc(-n3nnnc3C(F)(F)F)cc(C(F)(F)F)c1)C2C(c1ccccc1)c1ccccc1. The predicted molar refractivity (Wildman–Crippen MR) is 149 cm³/mol. The van der Waals surface area contributed by atoms with Crippen LogP contribution in [0.5, 0.6) is 0 Å². The van der Waals surface area contributed by atoms with E-state index in [-0.39, 0.29) is 34.7 Å². The quantitative estimate of drug-likeness (QED) is 0.252. The molecule has 14 heteroatoms. The largest absolute Gasteiger partial charge is 0.481 e. The molecule has 3 aliphatic heterocycles. The third-order valence-corrected chi connectivity index (χ3v) is 8.74. The van der Waals surface area contributed by atoms with Crippen LogP contribution in [-0.2, 0) is 23.7 Å². The molecular weight excluding hydrogens is 602 g/mol. The third-order valence-electron chi connectivity index (χ3n) is 8.74. The van der Waals surface area contributed by atoms with Crippen LogP contribution >= 0.6 is 0 Å². The maximum atomic E-state index is 13.9. The Morgan fingerprint density at radius 2 is 1.58 bits per heavy atom. The molecule has 3 aliphatic rings. The van der Waals surface area contributed by atoms with Gasteiger partial charge in [-0.3, -0.25) is 9.69 Å². The fraction of sp³-hybridized carbons (Fsp3) is 0.355. The average molecular weight is 631 g/mol. The van der Waals surface area contributed by atoms with E-state index in [0.717, 1.165) is 17.2 Å². The van der Waals surface area contributed by atoms with Crippen molar-refractivity contribution in [2.75, 3.05) is 13.1 Å². The highest BCUT2D eigenvalue weighted by Gasteiger charge is 2.52. The Kier molecular flexibility index (Phi) is 8.12. The fourth-order valence-corrected chi connectivity index (χ4v) is 6.87. The van der Waals surface area contributed by atoms with Gasteiger partial charge in [-0.15, -0.1) is 5.10 Å². The molecule has 3 saturated heterocycles. The average Bonchev–Trinajstić information content (AvgIpc) is 3.53. The van der Waals surface area contributed by atoms with Gasteiger partial charge in [0.05, 0.1) is 17.2 Å². The lowest BCUT2D eigenvalue weighted by molar-refractivity contribution is -0.152. The van der Waals surface area contributed by atoms with Gasteiger partial charge in [0.15, 0.2) is 0 Å². The monoisotopic (exact) mass is 630 g/mol. The number of carbonyl (C=O) groups is 1. The van der Waals surface area contributed by atoms with Gasteiger partial charge in [0.1, 0.15) is 0 Å². The molecule has 5 unspecified atom stereocenters. The Balaban J connectivity index is 1.40. The maximum absolute atomic E-state index is 13.9. The first-order valence-electron chi connectivity index (χ1n) is 14.3. The molecule has 0 saturated carbocycles. The zero-order chi connectivity index (χ0) is 31.9. The Hall–Kier alpha value is -4.30. The van der Waals surface area contributed by atoms with Crippen LogP contribution in [0, 0.1) is 11.8 Å². The van der Waals surface area contributed by atoms with Gasteiger partial charge in [-0.25, -0.2) is 0 Å². The molecule has 5 atom stereocenters. The molecule has 0 spiro atoms. The summed E-state index contributed by atoms with van der Waals surface area (Å²) in [6.45, 7) is 0.807. The minimum atomic E-state index is -5.01. The number of piperidine rings is 3. The Morgan fingerprint density at radius 3 is 2.16 bits per heavy atom. The number of halogens is 6. The van der Waals surface area contributed by atoms with Crippen LogP contribution in [0.4, 0.5) is 26.3 Å². The molecule has 45 heavy (non-hydrogen) atoms. The van der Waals surface area contributed by atoms with Crippen LogP contribution in [0.1, 0.15) is 40.4 Å². The zero-order valence-corrected chi connectivity index (χ0v) is 23.6. The Morgan fingerprint density at radius 1 is 0.933 bits per heavy atom. The van der Waals surface area contributed by atoms with E-state index < -0.39 is 47.4 Å².